The second-order valence-electron chi connectivity index (χ2n) is 7.70. The van der Waals surface area contributed by atoms with Gasteiger partial charge < -0.3 is 9.67 Å². The third kappa shape index (κ3) is 4.37. The highest BCUT2D eigenvalue weighted by Crippen LogP contribution is 2.23. The van der Waals surface area contributed by atoms with Crippen molar-refractivity contribution in [3.05, 3.63) is 93.7 Å². The van der Waals surface area contributed by atoms with Crippen molar-refractivity contribution in [2.45, 2.75) is 31.2 Å². The molecule has 4 aromatic rings. The highest BCUT2D eigenvalue weighted by Gasteiger charge is 2.22. The molecule has 1 aromatic heterocycles. The lowest BCUT2D eigenvalue weighted by atomic mass is 10.0. The third-order valence-electron chi connectivity index (χ3n) is 5.12. The second kappa shape index (κ2) is 8.72. The van der Waals surface area contributed by atoms with Crippen molar-refractivity contribution < 1.29 is 18.3 Å². The number of fused-ring (bicyclic) bond motifs is 1. The Bertz CT molecular complexity index is 1480. The molecule has 0 saturated heterocycles. The van der Waals surface area contributed by atoms with Gasteiger partial charge in [0.15, 0.2) is 0 Å². The van der Waals surface area contributed by atoms with Crippen LogP contribution in [0.1, 0.15) is 40.6 Å². The predicted octanol–water partition coefficient (Wildman–Crippen LogP) is 4.86. The maximum Gasteiger partial charge on any atom is 0.337 e. The van der Waals surface area contributed by atoms with Crippen LogP contribution in [0.15, 0.2) is 82.2 Å². The molecule has 0 unspecified atom stereocenters. The molecule has 0 amide bonds. The molecule has 32 heavy (non-hydrogen) atoms. The zero-order chi connectivity index (χ0) is 22.9. The number of aromatic carboxylic acids is 1. The number of thiazole rings is 1. The van der Waals surface area contributed by atoms with Gasteiger partial charge in [-0.15, -0.1) is 15.7 Å². The van der Waals surface area contributed by atoms with Crippen LogP contribution in [0.5, 0.6) is 0 Å². The zero-order valence-electron chi connectivity index (χ0n) is 17.6. The highest BCUT2D eigenvalue weighted by molar-refractivity contribution is 7.90. The first-order valence-corrected chi connectivity index (χ1v) is 12.3. The summed E-state index contributed by atoms with van der Waals surface area (Å²) >= 11 is 1.30. The minimum atomic E-state index is -4.22. The van der Waals surface area contributed by atoms with E-state index in [4.69, 9.17) is 0 Å². The molecular weight excluding hydrogens is 444 g/mol. The molecule has 8 heteroatoms. The lowest BCUT2D eigenvalue weighted by Crippen LogP contribution is -2.18. The van der Waals surface area contributed by atoms with Crippen LogP contribution in [0.3, 0.4) is 0 Å². The number of carboxylic acid groups (broad SMARTS) is 1. The van der Waals surface area contributed by atoms with Gasteiger partial charge in [-0.2, -0.15) is 8.42 Å². The van der Waals surface area contributed by atoms with Crippen molar-refractivity contribution in [2.75, 3.05) is 0 Å². The van der Waals surface area contributed by atoms with Crippen LogP contribution in [0.2, 0.25) is 0 Å². The molecular formula is C24H22N2O4S2. The number of nitrogens with zero attached hydrogens (tertiary/aromatic N) is 2. The van der Waals surface area contributed by atoms with Gasteiger partial charge in [-0.1, -0.05) is 68.4 Å². The standard InChI is InChI=1S/C24H22N2O4S2/c1-16(2)21-15-26(14-18-10-7-9-17-8-3-4-11-19(17)18)24(31-21)25-32(29,30)22-13-6-5-12-20(22)23(27)28/h3-13,15-16H,14H2,1-2H3,(H,27,28)/b25-24-. The van der Waals surface area contributed by atoms with Gasteiger partial charge in [0.25, 0.3) is 10.0 Å². The molecule has 3 aromatic carbocycles. The Labute approximate surface area is 190 Å². The highest BCUT2D eigenvalue weighted by atomic mass is 32.2. The number of benzene rings is 3. The molecule has 1 N–H and O–H groups in total. The summed E-state index contributed by atoms with van der Waals surface area (Å²) in [5, 5.41) is 11.6. The first-order valence-electron chi connectivity index (χ1n) is 10.1. The van der Waals surface area contributed by atoms with Crippen LogP contribution in [-0.4, -0.2) is 24.1 Å². The maximum atomic E-state index is 13.1. The fourth-order valence-corrected chi connectivity index (χ4v) is 5.88. The monoisotopic (exact) mass is 466 g/mol. The van der Waals surface area contributed by atoms with Crippen LogP contribution in [0, 0.1) is 0 Å². The van der Waals surface area contributed by atoms with Crippen LogP contribution >= 0.6 is 11.3 Å². The van der Waals surface area contributed by atoms with Gasteiger partial charge in [0.05, 0.1) is 12.1 Å². The summed E-state index contributed by atoms with van der Waals surface area (Å²) in [6.45, 7) is 4.51. The van der Waals surface area contributed by atoms with Crippen molar-refractivity contribution in [2.24, 2.45) is 4.40 Å². The van der Waals surface area contributed by atoms with E-state index in [1.807, 2.05) is 67.1 Å². The van der Waals surface area contributed by atoms with Gasteiger partial charge in [-0.25, -0.2) is 4.79 Å². The molecule has 6 nitrogen and oxygen atoms in total. The SMILES string of the molecule is CC(C)c1cn(Cc2cccc3ccccc23)/c(=N/S(=O)(=O)c2ccccc2C(=O)O)s1. The Morgan fingerprint density at radius 3 is 2.47 bits per heavy atom. The molecule has 0 aliphatic heterocycles. The lowest BCUT2D eigenvalue weighted by molar-refractivity contribution is 0.0692. The normalized spacial score (nSPS) is 12.5. The number of sulfonamides is 1. The summed E-state index contributed by atoms with van der Waals surface area (Å²) < 4.78 is 32.1. The summed E-state index contributed by atoms with van der Waals surface area (Å²) in [5.41, 5.74) is 0.749. The molecule has 0 spiro atoms. The number of carbonyl (C=O) groups is 1. The van der Waals surface area contributed by atoms with Gasteiger partial charge in [0, 0.05) is 11.1 Å². The van der Waals surface area contributed by atoms with Crippen molar-refractivity contribution in [3.63, 3.8) is 0 Å². The van der Waals surface area contributed by atoms with Gasteiger partial charge in [-0.05, 0) is 34.4 Å². The second-order valence-corrected chi connectivity index (χ2v) is 10.3. The first-order chi connectivity index (χ1) is 15.3. The van der Waals surface area contributed by atoms with E-state index in [0.29, 0.717) is 11.3 Å². The predicted molar refractivity (Wildman–Crippen MR) is 126 cm³/mol. The van der Waals surface area contributed by atoms with Gasteiger partial charge in [-0.3, -0.25) is 0 Å². The Balaban J connectivity index is 1.87. The van der Waals surface area contributed by atoms with E-state index < -0.39 is 16.0 Å². The first kappa shape index (κ1) is 22.0. The maximum absolute atomic E-state index is 13.1. The van der Waals surface area contributed by atoms with Gasteiger partial charge in [0.2, 0.25) is 4.80 Å². The van der Waals surface area contributed by atoms with Crippen LogP contribution in [0.4, 0.5) is 0 Å². The van der Waals surface area contributed by atoms with Crippen LogP contribution < -0.4 is 4.80 Å². The minimum absolute atomic E-state index is 0.191. The number of hydrogen-bond acceptors (Lipinski definition) is 4. The smallest absolute Gasteiger partial charge is 0.337 e. The van der Waals surface area contributed by atoms with E-state index in [1.54, 1.807) is 0 Å². The van der Waals surface area contributed by atoms with Crippen molar-refractivity contribution in [3.8, 4) is 0 Å². The topological polar surface area (TPSA) is 88.7 Å². The Morgan fingerprint density at radius 1 is 1.03 bits per heavy atom. The summed E-state index contributed by atoms with van der Waals surface area (Å²) in [6.07, 6.45) is 1.93. The van der Waals surface area contributed by atoms with Crippen molar-refractivity contribution in [1.82, 2.24) is 4.57 Å². The Hall–Kier alpha value is -3.23. The van der Waals surface area contributed by atoms with E-state index in [-0.39, 0.29) is 16.4 Å². The average molecular weight is 467 g/mol. The van der Waals surface area contributed by atoms with E-state index in [1.165, 1.54) is 35.6 Å². The van der Waals surface area contributed by atoms with Crippen LogP contribution in [0.25, 0.3) is 10.8 Å². The van der Waals surface area contributed by atoms with E-state index in [2.05, 4.69) is 4.40 Å². The molecule has 0 fully saturated rings. The lowest BCUT2D eigenvalue weighted by Gasteiger charge is -2.08. The third-order valence-corrected chi connectivity index (χ3v) is 7.88. The van der Waals surface area contributed by atoms with Crippen molar-refractivity contribution >= 4 is 38.1 Å². The number of carboxylic acids is 1. The number of rotatable bonds is 6. The molecule has 0 bridgehead atoms. The summed E-state index contributed by atoms with van der Waals surface area (Å²) in [7, 11) is -4.22. The average Bonchev–Trinajstić information content (AvgIpc) is 3.16. The summed E-state index contributed by atoms with van der Waals surface area (Å²) in [4.78, 5) is 12.5. The molecule has 0 atom stereocenters. The largest absolute Gasteiger partial charge is 0.478 e. The molecule has 0 aliphatic carbocycles. The fraction of sp³-hybridized carbons (Fsp3) is 0.167. The molecule has 0 radical (unpaired) electrons. The van der Waals surface area contributed by atoms with E-state index in [0.717, 1.165) is 21.2 Å². The summed E-state index contributed by atoms with van der Waals surface area (Å²) in [6, 6.07) is 19.6. The number of hydrogen-bond donors (Lipinski definition) is 1. The van der Waals surface area contributed by atoms with Crippen molar-refractivity contribution in [1.29, 1.82) is 0 Å². The van der Waals surface area contributed by atoms with Gasteiger partial charge >= 0.3 is 5.97 Å². The molecule has 0 aliphatic rings. The fourth-order valence-electron chi connectivity index (χ4n) is 3.48. The van der Waals surface area contributed by atoms with E-state index in [9.17, 15) is 18.3 Å². The van der Waals surface area contributed by atoms with E-state index >= 15 is 0 Å². The molecule has 4 rings (SSSR count). The summed E-state index contributed by atoms with van der Waals surface area (Å²) in [5.74, 6) is -1.12. The molecule has 164 valence electrons. The quantitative estimate of drug-likeness (QED) is 0.439. The minimum Gasteiger partial charge on any atom is -0.478 e. The molecule has 1 heterocycles. The zero-order valence-corrected chi connectivity index (χ0v) is 19.2. The Morgan fingerprint density at radius 2 is 1.72 bits per heavy atom. The molecule has 0 saturated carbocycles. The van der Waals surface area contributed by atoms with Gasteiger partial charge in [0.1, 0.15) is 4.90 Å². The Kier molecular flexibility index (Phi) is 5.99. The number of aromatic nitrogens is 1. The van der Waals surface area contributed by atoms with Crippen LogP contribution in [-0.2, 0) is 16.6 Å².